The molecule has 1 aromatic carbocycles. The molecule has 0 aliphatic heterocycles. The fraction of sp³-hybridized carbons (Fsp3) is 0.167. The molecule has 3 nitrogen and oxygen atoms in total. The predicted octanol–water partition coefficient (Wildman–Crippen LogP) is 3.07. The zero-order valence-corrected chi connectivity index (χ0v) is 9.19. The van der Waals surface area contributed by atoms with Crippen LogP contribution in [0.3, 0.4) is 0 Å². The molecular weight excluding hydrogens is 245 g/mol. The molecule has 0 radical (unpaired) electrons. The third kappa shape index (κ3) is 3.19. The van der Waals surface area contributed by atoms with Gasteiger partial charge in [0.15, 0.2) is 5.75 Å². The number of benzene rings is 1. The summed E-state index contributed by atoms with van der Waals surface area (Å²) in [5.74, 6) is -0.971. The maximum Gasteiger partial charge on any atom is 0.451 e. The van der Waals surface area contributed by atoms with E-state index in [4.69, 9.17) is 4.74 Å². The summed E-state index contributed by atoms with van der Waals surface area (Å²) in [5.41, 5.74) is 0.914. The van der Waals surface area contributed by atoms with Gasteiger partial charge in [0, 0.05) is 0 Å². The van der Waals surface area contributed by atoms with Gasteiger partial charge in [-0.2, -0.15) is 13.2 Å². The van der Waals surface area contributed by atoms with Gasteiger partial charge in [0.25, 0.3) is 0 Å². The highest BCUT2D eigenvalue weighted by atomic mass is 19.4. The standard InChI is InChI=1S/C12H9F3N2O/c13-12(14,15)11-16-6-10(7-17-11)18-8-9-4-2-1-3-5-9/h1-7H,8H2. The van der Waals surface area contributed by atoms with Crippen molar-refractivity contribution in [3.8, 4) is 5.75 Å². The number of hydrogen-bond acceptors (Lipinski definition) is 3. The highest BCUT2D eigenvalue weighted by molar-refractivity contribution is 5.17. The van der Waals surface area contributed by atoms with Gasteiger partial charge in [0.1, 0.15) is 6.61 Å². The summed E-state index contributed by atoms with van der Waals surface area (Å²) in [4.78, 5) is 6.40. The summed E-state index contributed by atoms with van der Waals surface area (Å²) in [6, 6.07) is 9.27. The zero-order chi connectivity index (χ0) is 13.0. The number of halogens is 3. The third-order valence-electron chi connectivity index (χ3n) is 2.13. The van der Waals surface area contributed by atoms with Crippen molar-refractivity contribution in [3.63, 3.8) is 0 Å². The number of aromatic nitrogens is 2. The Hall–Kier alpha value is -2.11. The molecular formula is C12H9F3N2O. The Morgan fingerprint density at radius 2 is 1.61 bits per heavy atom. The van der Waals surface area contributed by atoms with Crippen molar-refractivity contribution in [2.75, 3.05) is 0 Å². The van der Waals surface area contributed by atoms with E-state index in [0.29, 0.717) is 0 Å². The molecule has 1 aromatic heterocycles. The van der Waals surface area contributed by atoms with E-state index in [1.54, 1.807) is 0 Å². The van der Waals surface area contributed by atoms with Gasteiger partial charge in [0.2, 0.25) is 5.82 Å². The monoisotopic (exact) mass is 254 g/mol. The highest BCUT2D eigenvalue weighted by Crippen LogP contribution is 2.26. The second kappa shape index (κ2) is 5.03. The smallest absolute Gasteiger partial charge is 0.451 e. The van der Waals surface area contributed by atoms with Gasteiger partial charge in [-0.3, -0.25) is 0 Å². The molecule has 94 valence electrons. The lowest BCUT2D eigenvalue weighted by molar-refractivity contribution is -0.145. The topological polar surface area (TPSA) is 35.0 Å². The molecule has 0 saturated carbocycles. The number of nitrogens with zero attached hydrogens (tertiary/aromatic N) is 2. The molecule has 2 aromatic rings. The minimum Gasteiger partial charge on any atom is -0.486 e. The van der Waals surface area contributed by atoms with Gasteiger partial charge in [-0.1, -0.05) is 30.3 Å². The Kier molecular flexibility index (Phi) is 3.45. The van der Waals surface area contributed by atoms with Crippen LogP contribution in [0.5, 0.6) is 5.75 Å². The van der Waals surface area contributed by atoms with E-state index < -0.39 is 12.0 Å². The van der Waals surface area contributed by atoms with Crippen LogP contribution in [0.1, 0.15) is 11.4 Å². The van der Waals surface area contributed by atoms with Crippen LogP contribution in [0.4, 0.5) is 13.2 Å². The molecule has 0 N–H and O–H groups in total. The van der Waals surface area contributed by atoms with E-state index in [-0.39, 0.29) is 12.4 Å². The minimum absolute atomic E-state index is 0.201. The second-order valence-corrected chi connectivity index (χ2v) is 3.51. The van der Waals surface area contributed by atoms with Gasteiger partial charge in [-0.15, -0.1) is 0 Å². The normalized spacial score (nSPS) is 11.3. The lowest BCUT2D eigenvalue weighted by atomic mass is 10.2. The Bertz CT molecular complexity index is 497. The molecule has 0 aliphatic rings. The van der Waals surface area contributed by atoms with E-state index >= 15 is 0 Å². The number of rotatable bonds is 3. The van der Waals surface area contributed by atoms with Gasteiger partial charge < -0.3 is 4.74 Å². The maximum absolute atomic E-state index is 12.2. The van der Waals surface area contributed by atoms with Crippen LogP contribution in [-0.4, -0.2) is 9.97 Å². The maximum atomic E-state index is 12.2. The Labute approximate surface area is 101 Å². The fourth-order valence-corrected chi connectivity index (χ4v) is 1.28. The number of alkyl halides is 3. The first kappa shape index (κ1) is 12.3. The van der Waals surface area contributed by atoms with Crippen LogP contribution in [0.25, 0.3) is 0 Å². The van der Waals surface area contributed by atoms with Crippen molar-refractivity contribution < 1.29 is 17.9 Å². The van der Waals surface area contributed by atoms with Gasteiger partial charge in [-0.25, -0.2) is 9.97 Å². The lowest BCUT2D eigenvalue weighted by Gasteiger charge is -2.07. The zero-order valence-electron chi connectivity index (χ0n) is 9.19. The average Bonchev–Trinajstić information content (AvgIpc) is 2.37. The fourth-order valence-electron chi connectivity index (χ4n) is 1.28. The summed E-state index contributed by atoms with van der Waals surface area (Å²) in [7, 11) is 0. The molecule has 1 heterocycles. The van der Waals surface area contributed by atoms with Crippen molar-refractivity contribution in [1.29, 1.82) is 0 Å². The lowest BCUT2D eigenvalue weighted by Crippen LogP contribution is -2.10. The van der Waals surface area contributed by atoms with Crippen molar-refractivity contribution in [3.05, 3.63) is 54.1 Å². The van der Waals surface area contributed by atoms with Crippen molar-refractivity contribution in [1.82, 2.24) is 9.97 Å². The first-order chi connectivity index (χ1) is 8.55. The van der Waals surface area contributed by atoms with Gasteiger partial charge in [-0.05, 0) is 5.56 Å². The second-order valence-electron chi connectivity index (χ2n) is 3.51. The average molecular weight is 254 g/mol. The van der Waals surface area contributed by atoms with Gasteiger partial charge in [0.05, 0.1) is 12.4 Å². The predicted molar refractivity (Wildman–Crippen MR) is 57.8 cm³/mol. The SMILES string of the molecule is FC(F)(F)c1ncc(OCc2ccccc2)cn1. The Balaban J connectivity index is 1.99. The first-order valence-electron chi connectivity index (χ1n) is 5.11. The van der Waals surface area contributed by atoms with Gasteiger partial charge >= 0.3 is 6.18 Å². The highest BCUT2D eigenvalue weighted by Gasteiger charge is 2.34. The molecule has 6 heteroatoms. The summed E-state index contributed by atoms with van der Waals surface area (Å²) in [6.07, 6.45) is -2.50. The molecule has 0 atom stereocenters. The van der Waals surface area contributed by atoms with Crippen LogP contribution in [0, 0.1) is 0 Å². The van der Waals surface area contributed by atoms with E-state index in [1.165, 1.54) is 0 Å². The molecule has 18 heavy (non-hydrogen) atoms. The van der Waals surface area contributed by atoms with Crippen LogP contribution < -0.4 is 4.74 Å². The van der Waals surface area contributed by atoms with Crippen molar-refractivity contribution in [2.24, 2.45) is 0 Å². The van der Waals surface area contributed by atoms with Crippen LogP contribution >= 0.6 is 0 Å². The van der Waals surface area contributed by atoms with Crippen LogP contribution in [-0.2, 0) is 12.8 Å². The summed E-state index contributed by atoms with van der Waals surface area (Å²) < 4.78 is 41.9. The Morgan fingerprint density at radius 1 is 1.00 bits per heavy atom. The summed E-state index contributed by atoms with van der Waals surface area (Å²) in [5, 5.41) is 0. The Morgan fingerprint density at radius 3 is 2.17 bits per heavy atom. The van der Waals surface area contributed by atoms with E-state index in [9.17, 15) is 13.2 Å². The van der Waals surface area contributed by atoms with E-state index in [0.717, 1.165) is 18.0 Å². The number of ether oxygens (including phenoxy) is 1. The largest absolute Gasteiger partial charge is 0.486 e. The molecule has 0 aliphatic carbocycles. The van der Waals surface area contributed by atoms with Crippen molar-refractivity contribution in [2.45, 2.75) is 12.8 Å². The van der Waals surface area contributed by atoms with E-state index in [1.807, 2.05) is 30.3 Å². The van der Waals surface area contributed by atoms with Crippen LogP contribution in [0.2, 0.25) is 0 Å². The summed E-state index contributed by atoms with van der Waals surface area (Å²) >= 11 is 0. The molecule has 0 unspecified atom stereocenters. The molecule has 0 bridgehead atoms. The summed E-state index contributed by atoms with van der Waals surface area (Å²) in [6.45, 7) is 0.259. The van der Waals surface area contributed by atoms with E-state index in [2.05, 4.69) is 9.97 Å². The molecule has 0 saturated heterocycles. The molecule has 0 spiro atoms. The quantitative estimate of drug-likeness (QED) is 0.844. The number of hydrogen-bond donors (Lipinski definition) is 0. The third-order valence-corrected chi connectivity index (χ3v) is 2.13. The first-order valence-corrected chi connectivity index (χ1v) is 5.11. The molecule has 0 fully saturated rings. The van der Waals surface area contributed by atoms with Crippen molar-refractivity contribution >= 4 is 0 Å². The van der Waals surface area contributed by atoms with Crippen LogP contribution in [0.15, 0.2) is 42.7 Å². The minimum atomic E-state index is -4.53. The molecule has 0 amide bonds. The molecule has 2 rings (SSSR count).